The third kappa shape index (κ3) is 5.18. The van der Waals surface area contributed by atoms with Crippen molar-refractivity contribution in [1.82, 2.24) is 14.5 Å². The predicted octanol–water partition coefficient (Wildman–Crippen LogP) is 3.22. The molecule has 10 nitrogen and oxygen atoms in total. The van der Waals surface area contributed by atoms with Gasteiger partial charge in [0.25, 0.3) is 17.4 Å². The van der Waals surface area contributed by atoms with Gasteiger partial charge in [0.15, 0.2) is 4.90 Å². The van der Waals surface area contributed by atoms with Crippen molar-refractivity contribution in [1.29, 1.82) is 0 Å². The van der Waals surface area contributed by atoms with Gasteiger partial charge in [0.05, 0.1) is 32.2 Å². The number of sulfone groups is 1. The van der Waals surface area contributed by atoms with E-state index in [1.54, 1.807) is 18.2 Å². The van der Waals surface area contributed by atoms with Crippen molar-refractivity contribution in [3.8, 4) is 23.1 Å². The van der Waals surface area contributed by atoms with Gasteiger partial charge in [0.2, 0.25) is 15.7 Å². The van der Waals surface area contributed by atoms with Gasteiger partial charge in [-0.2, -0.15) is 4.98 Å². The van der Waals surface area contributed by atoms with Crippen LogP contribution in [0, 0.1) is 0 Å². The Balaban J connectivity index is 1.84. The largest absolute Gasteiger partial charge is 0.494 e. The van der Waals surface area contributed by atoms with E-state index in [0.29, 0.717) is 6.42 Å². The number of carbonyl (C=O) groups is 1. The van der Waals surface area contributed by atoms with Crippen LogP contribution in [0.5, 0.6) is 17.4 Å². The molecule has 2 aromatic carbocycles. The number of aromatic nitrogens is 2. The number of nitrogens with zero attached hydrogens (tertiary/aromatic N) is 3. The second-order valence-corrected chi connectivity index (χ2v) is 10.9. The maximum atomic E-state index is 13.8. The van der Waals surface area contributed by atoms with Gasteiger partial charge in [-0.3, -0.25) is 14.2 Å². The number of para-hydroxylation sites is 1. The van der Waals surface area contributed by atoms with E-state index >= 15 is 0 Å². The lowest BCUT2D eigenvalue weighted by molar-refractivity contribution is -0.113. The van der Waals surface area contributed by atoms with Gasteiger partial charge in [-0.1, -0.05) is 19.4 Å². The number of rotatable bonds is 9. The van der Waals surface area contributed by atoms with Crippen molar-refractivity contribution in [2.24, 2.45) is 0 Å². The number of hydrogen-bond donors (Lipinski definition) is 1. The van der Waals surface area contributed by atoms with E-state index in [9.17, 15) is 31.9 Å². The van der Waals surface area contributed by atoms with Crippen molar-refractivity contribution < 1.29 is 36.6 Å². The Morgan fingerprint density at radius 2 is 1.67 bits per heavy atom. The zero-order valence-corrected chi connectivity index (χ0v) is 22.3. The fourth-order valence-corrected chi connectivity index (χ4v) is 5.63. The highest BCUT2D eigenvalue weighted by Crippen LogP contribution is 2.34. The Hall–Kier alpha value is -4.00. The van der Waals surface area contributed by atoms with E-state index in [1.165, 1.54) is 14.2 Å². The molecule has 1 saturated heterocycles. The lowest BCUT2D eigenvalue weighted by Gasteiger charge is -2.38. The predicted molar refractivity (Wildman–Crippen MR) is 136 cm³/mol. The van der Waals surface area contributed by atoms with Crippen molar-refractivity contribution in [2.45, 2.75) is 41.9 Å². The molecule has 13 heteroatoms. The number of unbranched alkanes of at least 4 members (excludes halogenated alkanes) is 1. The van der Waals surface area contributed by atoms with E-state index in [1.807, 2.05) is 6.92 Å². The van der Waals surface area contributed by atoms with E-state index in [4.69, 9.17) is 9.47 Å². The highest BCUT2D eigenvalue weighted by molar-refractivity contribution is 7.91. The molecule has 39 heavy (non-hydrogen) atoms. The van der Waals surface area contributed by atoms with Crippen molar-refractivity contribution in [3.63, 3.8) is 0 Å². The average molecular weight is 564 g/mol. The summed E-state index contributed by atoms with van der Waals surface area (Å²) in [7, 11) is -1.89. The first-order valence-corrected chi connectivity index (χ1v) is 13.5. The van der Waals surface area contributed by atoms with E-state index in [0.717, 1.165) is 40.2 Å². The molecule has 208 valence electrons. The SMILES string of the molecule is CCCCc1nc(O)c(S(=O)(=O)c2ccc(C(=O)N3CC(F)(F)C3)cc2)c(=O)n1-c1c(OC)cccc1OC. The number of hydrogen-bond acceptors (Lipinski definition) is 8. The number of methoxy groups -OCH3 is 2. The fourth-order valence-electron chi connectivity index (χ4n) is 4.29. The fraction of sp³-hybridized carbons (Fsp3) is 0.346. The minimum atomic E-state index is -4.65. The van der Waals surface area contributed by atoms with Gasteiger partial charge < -0.3 is 19.5 Å². The molecule has 4 rings (SSSR count). The van der Waals surface area contributed by atoms with Gasteiger partial charge in [-0.15, -0.1) is 0 Å². The Labute approximate surface area is 223 Å². The maximum Gasteiger partial charge on any atom is 0.282 e. The van der Waals surface area contributed by atoms with Crippen LogP contribution in [0.2, 0.25) is 0 Å². The number of benzene rings is 2. The van der Waals surface area contributed by atoms with Gasteiger partial charge in [-0.05, 0) is 42.8 Å². The number of alkyl halides is 2. The summed E-state index contributed by atoms with van der Waals surface area (Å²) >= 11 is 0. The van der Waals surface area contributed by atoms with Gasteiger partial charge in [0, 0.05) is 12.0 Å². The van der Waals surface area contributed by atoms with Crippen LogP contribution in [0.1, 0.15) is 35.9 Å². The van der Waals surface area contributed by atoms with Crippen LogP contribution in [-0.2, 0) is 16.3 Å². The second kappa shape index (κ2) is 10.6. The second-order valence-electron chi connectivity index (χ2n) is 8.98. The molecule has 0 saturated carbocycles. The zero-order chi connectivity index (χ0) is 28.5. The van der Waals surface area contributed by atoms with Crippen LogP contribution in [0.15, 0.2) is 57.1 Å². The molecule has 1 aliphatic rings. The normalized spacial score (nSPS) is 14.5. The van der Waals surface area contributed by atoms with Crippen LogP contribution in [0.25, 0.3) is 5.69 Å². The van der Waals surface area contributed by atoms with Gasteiger partial charge in [0.1, 0.15) is 23.0 Å². The molecule has 3 aromatic rings. The Kier molecular flexibility index (Phi) is 7.64. The standard InChI is InChI=1S/C26H27F2N3O7S/c1-4-5-9-20-29-23(32)22(25(34)31(20)21-18(37-2)7-6-8-19(21)38-3)39(35,36)17-12-10-16(11-13-17)24(33)30-14-26(27,28)15-30/h6-8,10-13,32H,4-5,9,14-15H2,1-3H3. The molecule has 0 bridgehead atoms. The van der Waals surface area contributed by atoms with Crippen LogP contribution in [0.4, 0.5) is 8.78 Å². The molecule has 1 fully saturated rings. The third-order valence-corrected chi connectivity index (χ3v) is 8.07. The Morgan fingerprint density at radius 3 is 2.18 bits per heavy atom. The summed E-state index contributed by atoms with van der Waals surface area (Å²) in [5.41, 5.74) is -0.952. The smallest absolute Gasteiger partial charge is 0.282 e. The third-order valence-electron chi connectivity index (χ3n) is 6.28. The number of ether oxygens (including phenoxy) is 2. The lowest BCUT2D eigenvalue weighted by Crippen LogP contribution is -2.58. The van der Waals surface area contributed by atoms with Gasteiger partial charge >= 0.3 is 0 Å². The van der Waals surface area contributed by atoms with Crippen molar-refractivity contribution >= 4 is 15.7 Å². The highest BCUT2D eigenvalue weighted by Gasteiger charge is 2.46. The van der Waals surface area contributed by atoms with Crippen molar-refractivity contribution in [2.75, 3.05) is 27.3 Å². The maximum absolute atomic E-state index is 13.8. The highest BCUT2D eigenvalue weighted by atomic mass is 32.2. The summed E-state index contributed by atoms with van der Waals surface area (Å²) in [5, 5.41) is 10.7. The summed E-state index contributed by atoms with van der Waals surface area (Å²) < 4.78 is 65.4. The van der Waals surface area contributed by atoms with E-state index < -0.39 is 56.0 Å². The number of carbonyl (C=O) groups excluding carboxylic acids is 1. The van der Waals surface area contributed by atoms with E-state index in [-0.39, 0.29) is 35.0 Å². The summed E-state index contributed by atoms with van der Waals surface area (Å²) in [5.74, 6) is -4.07. The molecule has 1 aromatic heterocycles. The first-order chi connectivity index (χ1) is 18.4. The van der Waals surface area contributed by atoms with Crippen LogP contribution < -0.4 is 15.0 Å². The molecule has 1 N–H and O–H groups in total. The molecule has 1 aliphatic heterocycles. The number of halogens is 2. The first kappa shape index (κ1) is 28.0. The van der Waals surface area contributed by atoms with Gasteiger partial charge in [-0.25, -0.2) is 17.2 Å². The number of aryl methyl sites for hydroxylation is 1. The molecule has 0 unspecified atom stereocenters. The Morgan fingerprint density at radius 1 is 1.08 bits per heavy atom. The molecular weight excluding hydrogens is 536 g/mol. The first-order valence-electron chi connectivity index (χ1n) is 12.0. The zero-order valence-electron chi connectivity index (χ0n) is 21.5. The van der Waals surface area contributed by atoms with Crippen molar-refractivity contribution in [3.05, 3.63) is 64.2 Å². The molecule has 0 aliphatic carbocycles. The topological polar surface area (TPSA) is 128 Å². The summed E-state index contributed by atoms with van der Waals surface area (Å²) in [6.45, 7) is 0.482. The summed E-state index contributed by atoms with van der Waals surface area (Å²) in [6, 6.07) is 9.22. The minimum absolute atomic E-state index is 0.00196. The van der Waals surface area contributed by atoms with E-state index in [2.05, 4.69) is 4.98 Å². The number of likely N-dealkylation sites (tertiary alicyclic amines) is 1. The van der Waals surface area contributed by atoms with Crippen LogP contribution >= 0.6 is 0 Å². The molecular formula is C26H27F2N3O7S. The monoisotopic (exact) mass is 563 g/mol. The molecule has 0 atom stereocenters. The summed E-state index contributed by atoms with van der Waals surface area (Å²) in [6.07, 6.45) is 1.57. The minimum Gasteiger partial charge on any atom is -0.494 e. The quantitative estimate of drug-likeness (QED) is 0.420. The molecule has 0 radical (unpaired) electrons. The molecule has 1 amide bonds. The summed E-state index contributed by atoms with van der Waals surface area (Å²) in [4.78, 5) is 29.9. The van der Waals surface area contributed by atoms with Crippen LogP contribution in [0.3, 0.4) is 0 Å². The van der Waals surface area contributed by atoms with Crippen LogP contribution in [-0.4, -0.2) is 67.1 Å². The Bertz CT molecular complexity index is 1540. The number of amides is 1. The molecule has 2 heterocycles. The number of aromatic hydroxyl groups is 1. The lowest BCUT2D eigenvalue weighted by atomic mass is 10.1. The molecule has 0 spiro atoms. The average Bonchev–Trinajstić information content (AvgIpc) is 2.89.